The third-order valence-electron chi connectivity index (χ3n) is 5.28. The van der Waals surface area contributed by atoms with Crippen molar-refractivity contribution in [1.29, 1.82) is 0 Å². The Hall–Kier alpha value is -2.48. The number of hydrogen-bond donors (Lipinski definition) is 2. The number of rotatable bonds is 10. The van der Waals surface area contributed by atoms with E-state index in [0.717, 1.165) is 24.2 Å². The third-order valence-corrected chi connectivity index (χ3v) is 6.17. The summed E-state index contributed by atoms with van der Waals surface area (Å²) in [6.07, 6.45) is 2.11. The van der Waals surface area contributed by atoms with Gasteiger partial charge in [-0.2, -0.15) is 0 Å². The minimum absolute atomic E-state index is 0.0114. The van der Waals surface area contributed by atoms with Gasteiger partial charge in [0, 0.05) is 12.0 Å². The number of methoxy groups -OCH3 is 1. The number of carbonyl (C=O) groups is 2. The zero-order valence-electron chi connectivity index (χ0n) is 20.2. The summed E-state index contributed by atoms with van der Waals surface area (Å²) in [6.45, 7) is 12.5. The largest absolute Gasteiger partial charge is 0.497 e. The second kappa shape index (κ2) is 11.4. The lowest BCUT2D eigenvalue weighted by atomic mass is 9.84. The van der Waals surface area contributed by atoms with Crippen LogP contribution in [0.3, 0.4) is 0 Å². The van der Waals surface area contributed by atoms with Gasteiger partial charge in [0.05, 0.1) is 7.11 Å². The van der Waals surface area contributed by atoms with E-state index >= 15 is 0 Å². The number of nitrogens with zero attached hydrogens (tertiary/aromatic N) is 2. The van der Waals surface area contributed by atoms with Crippen LogP contribution in [0.25, 0.3) is 10.6 Å². The van der Waals surface area contributed by atoms with Gasteiger partial charge in [-0.1, -0.05) is 71.4 Å². The van der Waals surface area contributed by atoms with Gasteiger partial charge >= 0.3 is 0 Å². The molecule has 1 heterocycles. The second-order valence-corrected chi connectivity index (χ2v) is 10.6. The molecule has 7 nitrogen and oxygen atoms in total. The Morgan fingerprint density at radius 3 is 2.53 bits per heavy atom. The SMILES string of the molecule is CCC(C)C(NC(=O)CC(C)CC(C)(C)C)C(=O)Nc1nnc(-c2cccc(OC)c2)s1. The molecule has 3 atom stereocenters. The summed E-state index contributed by atoms with van der Waals surface area (Å²) in [5.74, 6) is 0.580. The minimum Gasteiger partial charge on any atom is -0.497 e. The highest BCUT2D eigenvalue weighted by atomic mass is 32.1. The predicted octanol–water partition coefficient (Wildman–Crippen LogP) is 5.15. The standard InChI is InChI=1S/C24H36N4O3S/c1-8-16(3)20(25-19(29)12-15(2)14-24(4,5)6)21(30)26-23-28-27-22(32-23)17-10-9-11-18(13-17)31-7/h9-11,13,15-16,20H,8,12,14H2,1-7H3,(H,25,29)(H,26,28,30). The van der Waals surface area contributed by atoms with Crippen LogP contribution in [0.1, 0.15) is 60.8 Å². The molecule has 0 fully saturated rings. The van der Waals surface area contributed by atoms with Crippen molar-refractivity contribution < 1.29 is 14.3 Å². The first kappa shape index (κ1) is 25.8. The molecule has 0 aliphatic heterocycles. The molecule has 0 saturated heterocycles. The van der Waals surface area contributed by atoms with Crippen molar-refractivity contribution in [1.82, 2.24) is 15.5 Å². The zero-order valence-corrected chi connectivity index (χ0v) is 21.0. The van der Waals surface area contributed by atoms with E-state index in [-0.39, 0.29) is 29.1 Å². The van der Waals surface area contributed by atoms with Crippen LogP contribution >= 0.6 is 11.3 Å². The molecule has 2 rings (SSSR count). The Kier molecular flexibility index (Phi) is 9.19. The van der Waals surface area contributed by atoms with Crippen LogP contribution in [0.5, 0.6) is 5.75 Å². The van der Waals surface area contributed by atoms with E-state index < -0.39 is 6.04 Å². The molecule has 0 spiro atoms. The summed E-state index contributed by atoms with van der Waals surface area (Å²) in [7, 11) is 1.61. The van der Waals surface area contributed by atoms with Gasteiger partial charge in [-0.3, -0.25) is 14.9 Å². The zero-order chi connectivity index (χ0) is 23.9. The van der Waals surface area contributed by atoms with E-state index in [9.17, 15) is 9.59 Å². The molecular formula is C24H36N4O3S. The number of carbonyl (C=O) groups excluding carboxylic acids is 2. The number of benzene rings is 1. The Balaban J connectivity index is 2.05. The monoisotopic (exact) mass is 460 g/mol. The molecular weight excluding hydrogens is 424 g/mol. The average Bonchev–Trinajstić information content (AvgIpc) is 3.18. The molecule has 0 aliphatic carbocycles. The minimum atomic E-state index is -0.626. The fraction of sp³-hybridized carbons (Fsp3) is 0.583. The normalized spacial score (nSPS) is 14.3. The van der Waals surface area contributed by atoms with Crippen molar-refractivity contribution in [2.75, 3.05) is 12.4 Å². The number of amides is 2. The first-order valence-corrected chi connectivity index (χ1v) is 11.9. The molecule has 0 saturated carbocycles. The van der Waals surface area contributed by atoms with Crippen molar-refractivity contribution in [3.8, 4) is 16.3 Å². The van der Waals surface area contributed by atoms with Crippen molar-refractivity contribution in [2.45, 2.75) is 66.8 Å². The number of nitrogens with one attached hydrogen (secondary N) is 2. The lowest BCUT2D eigenvalue weighted by Crippen LogP contribution is -2.48. The Bertz CT molecular complexity index is 907. The summed E-state index contributed by atoms with van der Waals surface area (Å²) >= 11 is 1.28. The van der Waals surface area contributed by atoms with E-state index in [4.69, 9.17) is 4.74 Å². The predicted molar refractivity (Wildman–Crippen MR) is 130 cm³/mol. The van der Waals surface area contributed by atoms with Crippen molar-refractivity contribution in [2.24, 2.45) is 17.3 Å². The molecule has 0 aliphatic rings. The van der Waals surface area contributed by atoms with Gasteiger partial charge in [-0.15, -0.1) is 10.2 Å². The van der Waals surface area contributed by atoms with Crippen LogP contribution in [0.4, 0.5) is 5.13 Å². The summed E-state index contributed by atoms with van der Waals surface area (Å²) in [4.78, 5) is 25.7. The maximum Gasteiger partial charge on any atom is 0.249 e. The van der Waals surface area contributed by atoms with Gasteiger partial charge in [-0.25, -0.2) is 0 Å². The van der Waals surface area contributed by atoms with E-state index in [1.54, 1.807) is 7.11 Å². The quantitative estimate of drug-likeness (QED) is 0.512. The first-order valence-electron chi connectivity index (χ1n) is 11.1. The lowest BCUT2D eigenvalue weighted by molar-refractivity contribution is -0.128. The number of aromatic nitrogens is 2. The molecule has 2 aromatic rings. The van der Waals surface area contributed by atoms with Gasteiger partial charge in [-0.05, 0) is 35.8 Å². The topological polar surface area (TPSA) is 93.2 Å². The maximum atomic E-state index is 13.0. The summed E-state index contributed by atoms with van der Waals surface area (Å²) < 4.78 is 5.26. The Morgan fingerprint density at radius 2 is 1.91 bits per heavy atom. The lowest BCUT2D eigenvalue weighted by Gasteiger charge is -2.26. The van der Waals surface area contributed by atoms with Crippen molar-refractivity contribution in [3.63, 3.8) is 0 Å². The molecule has 3 unspecified atom stereocenters. The highest BCUT2D eigenvalue weighted by Gasteiger charge is 2.28. The van der Waals surface area contributed by atoms with Crippen molar-refractivity contribution in [3.05, 3.63) is 24.3 Å². The highest BCUT2D eigenvalue weighted by molar-refractivity contribution is 7.18. The average molecular weight is 461 g/mol. The van der Waals surface area contributed by atoms with E-state index in [1.165, 1.54) is 11.3 Å². The molecule has 1 aromatic carbocycles. The van der Waals surface area contributed by atoms with Crippen LogP contribution < -0.4 is 15.4 Å². The Labute approximate surface area is 195 Å². The molecule has 0 bridgehead atoms. The molecule has 2 N–H and O–H groups in total. The van der Waals surface area contributed by atoms with Crippen LogP contribution in [-0.2, 0) is 9.59 Å². The van der Waals surface area contributed by atoms with Gasteiger partial charge in [0.2, 0.25) is 16.9 Å². The highest BCUT2D eigenvalue weighted by Crippen LogP contribution is 2.29. The Morgan fingerprint density at radius 1 is 1.19 bits per heavy atom. The summed E-state index contributed by atoms with van der Waals surface area (Å²) in [5.41, 5.74) is 1.02. The molecule has 2 amide bonds. The third kappa shape index (κ3) is 7.89. The van der Waals surface area contributed by atoms with Crippen molar-refractivity contribution >= 4 is 28.3 Å². The van der Waals surface area contributed by atoms with E-state index in [2.05, 4.69) is 48.5 Å². The van der Waals surface area contributed by atoms with Gasteiger partial charge in [0.1, 0.15) is 16.8 Å². The maximum absolute atomic E-state index is 13.0. The van der Waals surface area contributed by atoms with E-state index in [0.29, 0.717) is 16.6 Å². The number of anilines is 1. The molecule has 0 radical (unpaired) electrons. The smallest absolute Gasteiger partial charge is 0.249 e. The fourth-order valence-electron chi connectivity index (χ4n) is 3.70. The van der Waals surface area contributed by atoms with Gasteiger partial charge in [0.15, 0.2) is 0 Å². The van der Waals surface area contributed by atoms with Crippen LogP contribution in [0.15, 0.2) is 24.3 Å². The summed E-state index contributed by atoms with van der Waals surface area (Å²) in [5, 5.41) is 15.2. The number of hydrogen-bond acceptors (Lipinski definition) is 6. The second-order valence-electron chi connectivity index (χ2n) is 9.64. The molecule has 176 valence electrons. The molecule has 32 heavy (non-hydrogen) atoms. The van der Waals surface area contributed by atoms with Gasteiger partial charge in [0.25, 0.3) is 0 Å². The molecule has 8 heteroatoms. The van der Waals surface area contributed by atoms with Crippen LogP contribution in [0.2, 0.25) is 0 Å². The van der Waals surface area contributed by atoms with Crippen LogP contribution in [0, 0.1) is 17.3 Å². The summed E-state index contributed by atoms with van der Waals surface area (Å²) in [6, 6.07) is 6.89. The first-order chi connectivity index (χ1) is 15.0. The molecule has 1 aromatic heterocycles. The van der Waals surface area contributed by atoms with Crippen LogP contribution in [-0.4, -0.2) is 35.2 Å². The van der Waals surface area contributed by atoms with Gasteiger partial charge < -0.3 is 10.1 Å². The number of ether oxygens (including phenoxy) is 1. The fourth-order valence-corrected chi connectivity index (χ4v) is 4.44. The van der Waals surface area contributed by atoms with E-state index in [1.807, 2.05) is 38.1 Å².